The van der Waals surface area contributed by atoms with Crippen LogP contribution in [-0.2, 0) is 30.8 Å². The third kappa shape index (κ3) is 13.4. The molecule has 1 aliphatic rings. The number of benzene rings is 1. The molecule has 0 saturated carbocycles. The normalized spacial score (nSPS) is 17.1. The number of nitrogens with one attached hydrogen (secondary N) is 4. The van der Waals surface area contributed by atoms with Crippen molar-refractivity contribution in [1.82, 2.24) is 30.5 Å². The average Bonchev–Trinajstić information content (AvgIpc) is 3.51. The first kappa shape index (κ1) is 43.4. The van der Waals surface area contributed by atoms with E-state index in [9.17, 15) is 36.4 Å². The Labute approximate surface area is 300 Å². The highest BCUT2D eigenvalue weighted by Gasteiger charge is 2.43. The quantitative estimate of drug-likeness (QED) is 0.200. The standard InChI is InChI=1S/C34H56F2N6O8S/c1-33(2,3)26(20-41(7)51(10,47)48)39-32(46)40-28(34(4,5)6)31(45)42-15-11-12-25(42)30(44)38-24(19-27(35)36)29(43)37-14-13-21-16-22(49-8)18-23(17-21)50-9/h16-18,24-28H,11-15,19-20H2,1-10H3,(H,37,43)(H,38,44)(H2,39,40,46)/t24-,25-,26+,28+/m0/s1. The number of rotatable bonds is 16. The van der Waals surface area contributed by atoms with Gasteiger partial charge >= 0.3 is 6.03 Å². The largest absolute Gasteiger partial charge is 0.497 e. The number of carbonyl (C=O) groups excluding carboxylic acids is 4. The molecule has 1 aromatic carbocycles. The third-order valence-electron chi connectivity index (χ3n) is 8.75. The van der Waals surface area contributed by atoms with Crippen molar-refractivity contribution in [3.63, 3.8) is 0 Å². The van der Waals surface area contributed by atoms with Gasteiger partial charge in [-0.15, -0.1) is 0 Å². The molecule has 290 valence electrons. The number of ether oxygens (including phenoxy) is 2. The Morgan fingerprint density at radius 1 is 0.961 bits per heavy atom. The van der Waals surface area contributed by atoms with Crippen molar-refractivity contribution in [3.05, 3.63) is 23.8 Å². The number of hydrogen-bond acceptors (Lipinski definition) is 8. The van der Waals surface area contributed by atoms with Gasteiger partial charge in [0.1, 0.15) is 29.6 Å². The van der Waals surface area contributed by atoms with E-state index in [0.29, 0.717) is 24.3 Å². The molecule has 14 nitrogen and oxygen atoms in total. The number of likely N-dealkylation sites (N-methyl/N-ethyl adjacent to an activating group) is 1. The molecule has 1 aliphatic heterocycles. The van der Waals surface area contributed by atoms with Crippen molar-refractivity contribution in [1.29, 1.82) is 0 Å². The smallest absolute Gasteiger partial charge is 0.315 e. The van der Waals surface area contributed by atoms with Gasteiger partial charge in [-0.25, -0.2) is 26.3 Å². The van der Waals surface area contributed by atoms with Crippen LogP contribution in [0.2, 0.25) is 0 Å². The summed E-state index contributed by atoms with van der Waals surface area (Å²) in [4.78, 5) is 55.2. The second-order valence-electron chi connectivity index (χ2n) is 15.0. The molecule has 0 aliphatic carbocycles. The number of alkyl halides is 2. The number of halogens is 2. The SMILES string of the molecule is COc1cc(CCNC(=O)[C@H](CC(F)F)NC(=O)[C@@H]2CCCN2C(=O)[C@@H](NC(=O)N[C@H](CN(C)S(C)(=O)=O)C(C)(C)C)C(C)(C)C)cc(OC)c1. The molecule has 5 amide bonds. The van der Waals surface area contributed by atoms with Gasteiger partial charge in [-0.2, -0.15) is 0 Å². The maximum absolute atomic E-state index is 14.0. The summed E-state index contributed by atoms with van der Waals surface area (Å²) in [6.45, 7) is 11.0. The van der Waals surface area contributed by atoms with E-state index in [2.05, 4.69) is 21.3 Å². The van der Waals surface area contributed by atoms with Gasteiger partial charge in [-0.1, -0.05) is 41.5 Å². The number of nitrogens with zero attached hydrogens (tertiary/aromatic N) is 2. The maximum Gasteiger partial charge on any atom is 0.315 e. The summed E-state index contributed by atoms with van der Waals surface area (Å²) >= 11 is 0. The van der Waals surface area contributed by atoms with Gasteiger partial charge in [0.2, 0.25) is 34.2 Å². The predicted octanol–water partition coefficient (Wildman–Crippen LogP) is 2.51. The van der Waals surface area contributed by atoms with Crippen molar-refractivity contribution < 1.29 is 45.9 Å². The number of methoxy groups -OCH3 is 2. The molecule has 1 heterocycles. The molecule has 51 heavy (non-hydrogen) atoms. The van der Waals surface area contributed by atoms with Gasteiger partial charge in [-0.05, 0) is 47.8 Å². The van der Waals surface area contributed by atoms with Crippen LogP contribution in [0.4, 0.5) is 13.6 Å². The summed E-state index contributed by atoms with van der Waals surface area (Å²) in [6.07, 6.45) is -1.77. The maximum atomic E-state index is 14.0. The lowest BCUT2D eigenvalue weighted by Gasteiger charge is -2.37. The van der Waals surface area contributed by atoms with Crippen LogP contribution in [0.5, 0.6) is 11.5 Å². The van der Waals surface area contributed by atoms with Crippen LogP contribution in [-0.4, -0.2) is 119 Å². The number of urea groups is 1. The Bertz CT molecular complexity index is 1460. The number of likely N-dealkylation sites (tertiary alicyclic amines) is 1. The minimum atomic E-state index is -3.53. The Kier molecular flexibility index (Phi) is 15.5. The molecule has 0 bridgehead atoms. The highest BCUT2D eigenvalue weighted by molar-refractivity contribution is 7.88. The van der Waals surface area contributed by atoms with Crippen molar-refractivity contribution in [2.24, 2.45) is 10.8 Å². The fourth-order valence-corrected chi connectivity index (χ4v) is 5.94. The van der Waals surface area contributed by atoms with Crippen molar-refractivity contribution in [3.8, 4) is 11.5 Å². The summed E-state index contributed by atoms with van der Waals surface area (Å²) in [5.41, 5.74) is -0.616. The average molecular weight is 747 g/mol. The molecule has 0 unspecified atom stereocenters. The van der Waals surface area contributed by atoms with Gasteiger partial charge in [0, 0.05) is 45.2 Å². The minimum absolute atomic E-state index is 0.0125. The highest BCUT2D eigenvalue weighted by Crippen LogP contribution is 2.27. The number of carbonyl (C=O) groups is 4. The first-order valence-electron chi connectivity index (χ1n) is 16.8. The molecular formula is C34H56F2N6O8S. The van der Waals surface area contributed by atoms with E-state index in [4.69, 9.17) is 9.47 Å². The van der Waals surface area contributed by atoms with Crippen LogP contribution >= 0.6 is 0 Å². The van der Waals surface area contributed by atoms with Gasteiger partial charge in [-0.3, -0.25) is 14.4 Å². The molecule has 4 N–H and O–H groups in total. The van der Waals surface area contributed by atoms with E-state index in [1.54, 1.807) is 39.0 Å². The molecule has 17 heteroatoms. The molecule has 1 saturated heterocycles. The van der Waals surface area contributed by atoms with E-state index >= 15 is 0 Å². The zero-order chi connectivity index (χ0) is 38.9. The van der Waals surface area contributed by atoms with Gasteiger partial charge < -0.3 is 35.6 Å². The van der Waals surface area contributed by atoms with Gasteiger partial charge in [0.25, 0.3) is 0 Å². The van der Waals surface area contributed by atoms with E-state index < -0.39 is 81.6 Å². The van der Waals surface area contributed by atoms with Crippen molar-refractivity contribution in [2.75, 3.05) is 47.2 Å². The van der Waals surface area contributed by atoms with Crippen molar-refractivity contribution >= 4 is 33.8 Å². The zero-order valence-corrected chi connectivity index (χ0v) is 32.2. The lowest BCUT2D eigenvalue weighted by atomic mass is 9.85. The second kappa shape index (κ2) is 18.2. The van der Waals surface area contributed by atoms with Crippen LogP contribution in [0.3, 0.4) is 0 Å². The number of amides is 5. The topological polar surface area (TPSA) is 175 Å². The lowest BCUT2D eigenvalue weighted by Crippen LogP contribution is -2.62. The molecule has 2 rings (SSSR count). The van der Waals surface area contributed by atoms with E-state index in [0.717, 1.165) is 16.1 Å². The zero-order valence-electron chi connectivity index (χ0n) is 31.4. The Morgan fingerprint density at radius 2 is 1.55 bits per heavy atom. The van der Waals surface area contributed by atoms with Crippen molar-refractivity contribution in [2.45, 2.75) is 97.8 Å². The molecule has 0 spiro atoms. The molecule has 4 atom stereocenters. The third-order valence-corrected chi connectivity index (χ3v) is 10.0. The Balaban J connectivity index is 2.17. The molecule has 1 fully saturated rings. The number of hydrogen-bond donors (Lipinski definition) is 4. The molecule has 0 radical (unpaired) electrons. The summed E-state index contributed by atoms with van der Waals surface area (Å²) in [5, 5.41) is 10.6. The first-order chi connectivity index (χ1) is 23.5. The van der Waals surface area contributed by atoms with Crippen LogP contribution in [0, 0.1) is 10.8 Å². The summed E-state index contributed by atoms with van der Waals surface area (Å²) in [5.74, 6) is -1.02. The van der Waals surface area contributed by atoms with Crippen LogP contribution in [0.1, 0.15) is 66.4 Å². The van der Waals surface area contributed by atoms with E-state index in [1.165, 1.54) is 26.2 Å². The number of sulfonamides is 1. The molecule has 1 aromatic rings. The lowest BCUT2D eigenvalue weighted by molar-refractivity contribution is -0.142. The highest BCUT2D eigenvalue weighted by atomic mass is 32.2. The van der Waals surface area contributed by atoms with E-state index in [-0.39, 0.29) is 26.1 Å². The molecule has 0 aromatic heterocycles. The van der Waals surface area contributed by atoms with Crippen LogP contribution in [0.25, 0.3) is 0 Å². The fraction of sp³-hybridized carbons (Fsp3) is 0.706. The van der Waals surface area contributed by atoms with Gasteiger partial charge in [0.15, 0.2) is 0 Å². The predicted molar refractivity (Wildman–Crippen MR) is 189 cm³/mol. The first-order valence-corrected chi connectivity index (χ1v) is 18.7. The minimum Gasteiger partial charge on any atom is -0.497 e. The van der Waals surface area contributed by atoms with Gasteiger partial charge in [0.05, 0.1) is 20.5 Å². The fourth-order valence-electron chi connectivity index (χ4n) is 5.52. The van der Waals surface area contributed by atoms with Crippen LogP contribution in [0.15, 0.2) is 18.2 Å². The Hall–Kier alpha value is -3.73. The Morgan fingerprint density at radius 3 is 2.04 bits per heavy atom. The molecular weight excluding hydrogens is 690 g/mol. The monoisotopic (exact) mass is 746 g/mol. The summed E-state index contributed by atoms with van der Waals surface area (Å²) in [6, 6.07) is 0.126. The van der Waals surface area contributed by atoms with E-state index in [1.807, 2.05) is 20.8 Å². The second-order valence-corrected chi connectivity index (χ2v) is 17.1. The summed E-state index contributed by atoms with van der Waals surface area (Å²) in [7, 11) is 0.876. The van der Waals surface area contributed by atoms with Crippen LogP contribution < -0.4 is 30.7 Å². The summed E-state index contributed by atoms with van der Waals surface area (Å²) < 4.78 is 62.9.